The van der Waals surface area contributed by atoms with Gasteiger partial charge in [0.05, 0.1) is 0 Å². The summed E-state index contributed by atoms with van der Waals surface area (Å²) in [4.78, 5) is 0. The quantitative estimate of drug-likeness (QED) is 0.803. The Hall–Kier alpha value is -1.28. The fourth-order valence-corrected chi connectivity index (χ4v) is 2.55. The molecule has 0 aliphatic rings. The van der Waals surface area contributed by atoms with Gasteiger partial charge in [0.2, 0.25) is 0 Å². The Balaban J connectivity index is 2.19. The SMILES string of the molecule is CC(C)(C)c1ccccc1NCc1ccccc1Br. The van der Waals surface area contributed by atoms with E-state index < -0.39 is 0 Å². The first-order valence-corrected chi connectivity index (χ1v) is 7.34. The monoisotopic (exact) mass is 317 g/mol. The van der Waals surface area contributed by atoms with Crippen LogP contribution in [0.1, 0.15) is 31.9 Å². The third-order valence-electron chi connectivity index (χ3n) is 3.16. The molecule has 1 nitrogen and oxygen atoms in total. The highest BCUT2D eigenvalue weighted by Crippen LogP contribution is 2.29. The Morgan fingerprint density at radius 1 is 0.947 bits per heavy atom. The second kappa shape index (κ2) is 5.79. The van der Waals surface area contributed by atoms with Crippen molar-refractivity contribution in [3.8, 4) is 0 Å². The van der Waals surface area contributed by atoms with E-state index >= 15 is 0 Å². The summed E-state index contributed by atoms with van der Waals surface area (Å²) in [6, 6.07) is 16.8. The Bertz CT molecular complexity index is 555. The van der Waals surface area contributed by atoms with E-state index in [-0.39, 0.29) is 5.41 Å². The molecule has 100 valence electrons. The van der Waals surface area contributed by atoms with E-state index in [9.17, 15) is 0 Å². The summed E-state index contributed by atoms with van der Waals surface area (Å²) in [6.45, 7) is 7.55. The van der Waals surface area contributed by atoms with Crippen molar-refractivity contribution in [3.63, 3.8) is 0 Å². The highest BCUT2D eigenvalue weighted by Gasteiger charge is 2.17. The van der Waals surface area contributed by atoms with Crippen molar-refractivity contribution in [1.29, 1.82) is 0 Å². The maximum Gasteiger partial charge on any atom is 0.0412 e. The number of para-hydroxylation sites is 1. The summed E-state index contributed by atoms with van der Waals surface area (Å²) in [5, 5.41) is 3.55. The van der Waals surface area contributed by atoms with Gasteiger partial charge in [-0.3, -0.25) is 0 Å². The second-order valence-corrected chi connectivity index (χ2v) is 6.59. The van der Waals surface area contributed by atoms with Gasteiger partial charge in [0, 0.05) is 16.7 Å². The van der Waals surface area contributed by atoms with Crippen LogP contribution < -0.4 is 5.32 Å². The topological polar surface area (TPSA) is 12.0 Å². The van der Waals surface area contributed by atoms with E-state index in [2.05, 4.69) is 84.5 Å². The number of halogens is 1. The van der Waals surface area contributed by atoms with E-state index in [0.717, 1.165) is 11.0 Å². The highest BCUT2D eigenvalue weighted by molar-refractivity contribution is 9.10. The van der Waals surface area contributed by atoms with Gasteiger partial charge in [-0.05, 0) is 28.7 Å². The molecule has 0 unspecified atom stereocenters. The average Bonchev–Trinajstić information content (AvgIpc) is 2.37. The molecule has 0 fully saturated rings. The third kappa shape index (κ3) is 3.60. The van der Waals surface area contributed by atoms with Gasteiger partial charge < -0.3 is 5.32 Å². The summed E-state index contributed by atoms with van der Waals surface area (Å²) in [5.41, 5.74) is 3.98. The number of nitrogens with one attached hydrogen (secondary N) is 1. The molecule has 0 bridgehead atoms. The third-order valence-corrected chi connectivity index (χ3v) is 3.94. The smallest absolute Gasteiger partial charge is 0.0412 e. The van der Waals surface area contributed by atoms with Gasteiger partial charge in [-0.2, -0.15) is 0 Å². The zero-order valence-electron chi connectivity index (χ0n) is 11.7. The minimum absolute atomic E-state index is 0.150. The van der Waals surface area contributed by atoms with Crippen LogP contribution in [-0.2, 0) is 12.0 Å². The molecule has 0 atom stereocenters. The number of hydrogen-bond acceptors (Lipinski definition) is 1. The number of benzene rings is 2. The molecule has 2 rings (SSSR count). The summed E-state index contributed by atoms with van der Waals surface area (Å²) < 4.78 is 1.15. The Morgan fingerprint density at radius 2 is 1.58 bits per heavy atom. The Morgan fingerprint density at radius 3 is 2.26 bits per heavy atom. The van der Waals surface area contributed by atoms with Gasteiger partial charge in [0.1, 0.15) is 0 Å². The normalized spacial score (nSPS) is 11.4. The maximum absolute atomic E-state index is 3.59. The lowest BCUT2D eigenvalue weighted by Crippen LogP contribution is -2.14. The van der Waals surface area contributed by atoms with Gasteiger partial charge in [0.25, 0.3) is 0 Å². The van der Waals surface area contributed by atoms with Crippen molar-refractivity contribution in [2.24, 2.45) is 0 Å². The minimum atomic E-state index is 0.150. The lowest BCUT2D eigenvalue weighted by Gasteiger charge is -2.23. The van der Waals surface area contributed by atoms with E-state index in [1.165, 1.54) is 16.8 Å². The summed E-state index contributed by atoms with van der Waals surface area (Å²) in [6.07, 6.45) is 0. The van der Waals surface area contributed by atoms with Gasteiger partial charge in [-0.15, -0.1) is 0 Å². The molecule has 0 heterocycles. The molecule has 0 saturated carbocycles. The first-order chi connectivity index (χ1) is 8.98. The van der Waals surface area contributed by atoms with Crippen LogP contribution >= 0.6 is 15.9 Å². The first-order valence-electron chi connectivity index (χ1n) is 6.55. The molecule has 19 heavy (non-hydrogen) atoms. The summed E-state index contributed by atoms with van der Waals surface area (Å²) in [7, 11) is 0. The molecule has 0 aromatic heterocycles. The summed E-state index contributed by atoms with van der Waals surface area (Å²) in [5.74, 6) is 0. The molecule has 0 spiro atoms. The van der Waals surface area contributed by atoms with Gasteiger partial charge in [-0.1, -0.05) is 73.1 Å². The van der Waals surface area contributed by atoms with Gasteiger partial charge in [0.15, 0.2) is 0 Å². The van der Waals surface area contributed by atoms with Crippen molar-refractivity contribution in [1.82, 2.24) is 0 Å². The molecule has 0 saturated heterocycles. The van der Waals surface area contributed by atoms with Crippen molar-refractivity contribution < 1.29 is 0 Å². The molecule has 0 aliphatic heterocycles. The zero-order chi connectivity index (χ0) is 13.9. The van der Waals surface area contributed by atoms with Crippen molar-refractivity contribution in [2.75, 3.05) is 5.32 Å². The van der Waals surface area contributed by atoms with Crippen molar-refractivity contribution in [2.45, 2.75) is 32.7 Å². The second-order valence-electron chi connectivity index (χ2n) is 5.74. The van der Waals surface area contributed by atoms with Gasteiger partial charge in [-0.25, -0.2) is 0 Å². The number of anilines is 1. The van der Waals surface area contributed by atoms with Crippen LogP contribution in [0.5, 0.6) is 0 Å². The predicted octanol–water partition coefficient (Wildman–Crippen LogP) is 5.36. The summed E-state index contributed by atoms with van der Waals surface area (Å²) >= 11 is 3.59. The Kier molecular flexibility index (Phi) is 4.31. The molecule has 0 radical (unpaired) electrons. The van der Waals surface area contributed by atoms with Crippen molar-refractivity contribution >= 4 is 21.6 Å². The zero-order valence-corrected chi connectivity index (χ0v) is 13.3. The van der Waals surface area contributed by atoms with Crippen LogP contribution in [-0.4, -0.2) is 0 Å². The Labute approximate surface area is 124 Å². The van der Waals surface area contributed by atoms with Crippen LogP contribution in [0.3, 0.4) is 0 Å². The molecular weight excluding hydrogens is 298 g/mol. The van der Waals surface area contributed by atoms with E-state index in [4.69, 9.17) is 0 Å². The van der Waals surface area contributed by atoms with Crippen LogP contribution in [0.25, 0.3) is 0 Å². The molecule has 1 N–H and O–H groups in total. The molecule has 0 aliphatic carbocycles. The average molecular weight is 318 g/mol. The highest BCUT2D eigenvalue weighted by atomic mass is 79.9. The first kappa shape index (κ1) is 14.1. The number of hydrogen-bond donors (Lipinski definition) is 1. The molecular formula is C17H20BrN. The van der Waals surface area contributed by atoms with Crippen LogP contribution in [0.15, 0.2) is 53.0 Å². The van der Waals surface area contributed by atoms with Crippen molar-refractivity contribution in [3.05, 3.63) is 64.1 Å². The fraction of sp³-hybridized carbons (Fsp3) is 0.294. The largest absolute Gasteiger partial charge is 0.381 e. The fourth-order valence-electron chi connectivity index (χ4n) is 2.12. The van der Waals surface area contributed by atoms with E-state index in [1.807, 2.05) is 6.07 Å². The van der Waals surface area contributed by atoms with E-state index in [0.29, 0.717) is 0 Å². The predicted molar refractivity (Wildman–Crippen MR) is 86.6 cm³/mol. The minimum Gasteiger partial charge on any atom is -0.381 e. The molecule has 2 aromatic rings. The molecule has 2 heteroatoms. The van der Waals surface area contributed by atoms with Crippen LogP contribution in [0, 0.1) is 0 Å². The van der Waals surface area contributed by atoms with Crippen LogP contribution in [0.2, 0.25) is 0 Å². The van der Waals surface area contributed by atoms with E-state index in [1.54, 1.807) is 0 Å². The number of rotatable bonds is 3. The maximum atomic E-state index is 3.59. The lowest BCUT2D eigenvalue weighted by atomic mass is 9.86. The standard InChI is InChI=1S/C17H20BrN/c1-17(2,3)14-9-5-7-11-16(14)19-12-13-8-4-6-10-15(13)18/h4-11,19H,12H2,1-3H3. The van der Waals surface area contributed by atoms with Crippen LogP contribution in [0.4, 0.5) is 5.69 Å². The molecule has 0 amide bonds. The van der Waals surface area contributed by atoms with Gasteiger partial charge >= 0.3 is 0 Å². The lowest BCUT2D eigenvalue weighted by molar-refractivity contribution is 0.591. The molecule has 2 aromatic carbocycles.